The first-order chi connectivity index (χ1) is 12.7. The van der Waals surface area contributed by atoms with Crippen LogP contribution in [-0.2, 0) is 11.2 Å². The van der Waals surface area contributed by atoms with Gasteiger partial charge in [0.15, 0.2) is 0 Å². The molecule has 3 aromatic rings. The van der Waals surface area contributed by atoms with Crippen LogP contribution in [0.25, 0.3) is 11.0 Å². The zero-order chi connectivity index (χ0) is 17.9. The third kappa shape index (κ3) is 3.46. The minimum Gasteiger partial charge on any atom is -0.342 e. The number of H-pyrrole nitrogens is 1. The summed E-state index contributed by atoms with van der Waals surface area (Å²) >= 11 is 0. The Kier molecular flexibility index (Phi) is 4.67. The fourth-order valence-electron chi connectivity index (χ4n) is 3.51. The summed E-state index contributed by atoms with van der Waals surface area (Å²) in [6, 6.07) is 14.2. The van der Waals surface area contributed by atoms with Gasteiger partial charge in [0.25, 0.3) is 0 Å². The summed E-state index contributed by atoms with van der Waals surface area (Å²) in [5.41, 5.74) is 2.72. The molecule has 1 aliphatic rings. The summed E-state index contributed by atoms with van der Waals surface area (Å²) < 4.78 is 13.6. The normalized spacial score (nSPS) is 17.6. The number of halogens is 1. The maximum Gasteiger partial charge on any atom is 0.223 e. The number of piperazine rings is 1. The molecule has 134 valence electrons. The average Bonchev–Trinajstić information content (AvgIpc) is 3.09. The fraction of sp³-hybridized carbons (Fsp3) is 0.300. The van der Waals surface area contributed by atoms with Crippen LogP contribution in [0.15, 0.2) is 48.5 Å². The summed E-state index contributed by atoms with van der Waals surface area (Å²) in [7, 11) is 0. The number of nitrogens with zero attached hydrogens (tertiary/aromatic N) is 2. The van der Waals surface area contributed by atoms with Gasteiger partial charge in [-0.2, -0.15) is 0 Å². The van der Waals surface area contributed by atoms with Crippen molar-refractivity contribution in [3.8, 4) is 0 Å². The van der Waals surface area contributed by atoms with E-state index in [9.17, 15) is 9.18 Å². The Morgan fingerprint density at radius 3 is 2.96 bits per heavy atom. The SMILES string of the molecule is O=C(CCc1nc2ccccc2[nH]1)N1CCNCC1c1cccc(F)c1. The molecule has 0 bridgehead atoms. The molecule has 2 aromatic carbocycles. The van der Waals surface area contributed by atoms with E-state index in [2.05, 4.69) is 15.3 Å². The Morgan fingerprint density at radius 2 is 2.12 bits per heavy atom. The number of hydrogen-bond acceptors (Lipinski definition) is 3. The topological polar surface area (TPSA) is 61.0 Å². The number of aromatic amines is 1. The second kappa shape index (κ2) is 7.25. The van der Waals surface area contributed by atoms with E-state index in [-0.39, 0.29) is 17.8 Å². The molecule has 1 amide bonds. The van der Waals surface area contributed by atoms with Crippen molar-refractivity contribution in [2.75, 3.05) is 19.6 Å². The standard InChI is InChI=1S/C20H21FN4O/c21-15-5-3-4-14(12-15)18-13-22-10-11-25(18)20(26)9-8-19-23-16-6-1-2-7-17(16)24-19/h1-7,12,18,22H,8-11,13H2,(H,23,24). The molecule has 1 fully saturated rings. The van der Waals surface area contributed by atoms with E-state index in [1.54, 1.807) is 6.07 Å². The van der Waals surface area contributed by atoms with Gasteiger partial charge >= 0.3 is 0 Å². The monoisotopic (exact) mass is 352 g/mol. The van der Waals surface area contributed by atoms with E-state index in [0.717, 1.165) is 29.0 Å². The smallest absolute Gasteiger partial charge is 0.223 e. The molecule has 1 saturated heterocycles. The molecule has 2 heterocycles. The van der Waals surface area contributed by atoms with Gasteiger partial charge in [-0.15, -0.1) is 0 Å². The molecule has 5 nitrogen and oxygen atoms in total. The first-order valence-corrected chi connectivity index (χ1v) is 8.90. The number of imidazole rings is 1. The molecular weight excluding hydrogens is 331 g/mol. The summed E-state index contributed by atoms with van der Waals surface area (Å²) in [4.78, 5) is 22.5. The number of rotatable bonds is 4. The number of hydrogen-bond donors (Lipinski definition) is 2. The highest BCUT2D eigenvalue weighted by atomic mass is 19.1. The highest BCUT2D eigenvalue weighted by molar-refractivity contribution is 5.78. The highest BCUT2D eigenvalue weighted by Crippen LogP contribution is 2.24. The first-order valence-electron chi connectivity index (χ1n) is 8.90. The lowest BCUT2D eigenvalue weighted by Crippen LogP contribution is -2.48. The minimum absolute atomic E-state index is 0.0706. The average molecular weight is 352 g/mol. The lowest BCUT2D eigenvalue weighted by Gasteiger charge is -2.36. The van der Waals surface area contributed by atoms with Gasteiger partial charge in [0, 0.05) is 32.5 Å². The van der Waals surface area contributed by atoms with Crippen LogP contribution in [0.4, 0.5) is 4.39 Å². The summed E-state index contributed by atoms with van der Waals surface area (Å²) in [6.07, 6.45) is 0.943. The van der Waals surface area contributed by atoms with Gasteiger partial charge in [0.1, 0.15) is 11.6 Å². The van der Waals surface area contributed by atoms with Crippen LogP contribution in [0.2, 0.25) is 0 Å². The minimum atomic E-state index is -0.275. The van der Waals surface area contributed by atoms with E-state index in [1.807, 2.05) is 35.2 Å². The van der Waals surface area contributed by atoms with Crippen molar-refractivity contribution in [3.05, 3.63) is 65.7 Å². The predicted octanol–water partition coefficient (Wildman–Crippen LogP) is 2.81. The molecule has 1 atom stereocenters. The molecule has 0 aliphatic carbocycles. The zero-order valence-electron chi connectivity index (χ0n) is 14.4. The molecule has 0 spiro atoms. The van der Waals surface area contributed by atoms with Crippen molar-refractivity contribution in [2.45, 2.75) is 18.9 Å². The van der Waals surface area contributed by atoms with Crippen molar-refractivity contribution >= 4 is 16.9 Å². The Labute approximate surface area is 151 Å². The van der Waals surface area contributed by atoms with E-state index in [0.29, 0.717) is 25.9 Å². The van der Waals surface area contributed by atoms with E-state index in [4.69, 9.17) is 0 Å². The van der Waals surface area contributed by atoms with Crippen LogP contribution in [0.5, 0.6) is 0 Å². The van der Waals surface area contributed by atoms with Gasteiger partial charge in [-0.25, -0.2) is 9.37 Å². The molecule has 1 aromatic heterocycles. The van der Waals surface area contributed by atoms with E-state index in [1.165, 1.54) is 12.1 Å². The van der Waals surface area contributed by atoms with Crippen molar-refractivity contribution < 1.29 is 9.18 Å². The Balaban J connectivity index is 1.46. The van der Waals surface area contributed by atoms with Gasteiger partial charge in [0.05, 0.1) is 17.1 Å². The Morgan fingerprint density at radius 1 is 1.23 bits per heavy atom. The van der Waals surface area contributed by atoms with Gasteiger partial charge in [-0.1, -0.05) is 24.3 Å². The maximum atomic E-state index is 13.6. The van der Waals surface area contributed by atoms with Gasteiger partial charge in [-0.05, 0) is 29.8 Å². The van der Waals surface area contributed by atoms with E-state index >= 15 is 0 Å². The third-order valence-electron chi connectivity index (χ3n) is 4.81. The number of carbonyl (C=O) groups excluding carboxylic acids is 1. The number of fused-ring (bicyclic) bond motifs is 1. The zero-order valence-corrected chi connectivity index (χ0v) is 14.4. The highest BCUT2D eigenvalue weighted by Gasteiger charge is 2.27. The molecule has 2 N–H and O–H groups in total. The second-order valence-corrected chi connectivity index (χ2v) is 6.56. The molecule has 4 rings (SSSR count). The first kappa shape index (κ1) is 16.7. The van der Waals surface area contributed by atoms with Crippen LogP contribution >= 0.6 is 0 Å². The van der Waals surface area contributed by atoms with Gasteiger partial charge in [0.2, 0.25) is 5.91 Å². The molecular formula is C20H21FN4O. The number of para-hydroxylation sites is 2. The number of benzene rings is 2. The quantitative estimate of drug-likeness (QED) is 0.759. The Hall–Kier alpha value is -2.73. The van der Waals surface area contributed by atoms with Crippen molar-refractivity contribution in [1.29, 1.82) is 0 Å². The van der Waals surface area contributed by atoms with Crippen molar-refractivity contribution in [1.82, 2.24) is 20.2 Å². The molecule has 6 heteroatoms. The molecule has 1 unspecified atom stereocenters. The second-order valence-electron chi connectivity index (χ2n) is 6.56. The predicted molar refractivity (Wildman–Crippen MR) is 98.1 cm³/mol. The third-order valence-corrected chi connectivity index (χ3v) is 4.81. The lowest BCUT2D eigenvalue weighted by atomic mass is 10.0. The maximum absolute atomic E-state index is 13.6. The lowest BCUT2D eigenvalue weighted by molar-refractivity contribution is -0.134. The summed E-state index contributed by atoms with van der Waals surface area (Å²) in [6.45, 7) is 2.02. The van der Waals surface area contributed by atoms with Crippen LogP contribution in [0.1, 0.15) is 23.9 Å². The molecule has 0 radical (unpaired) electrons. The number of carbonyl (C=O) groups is 1. The summed E-state index contributed by atoms with van der Waals surface area (Å²) in [5, 5.41) is 3.29. The number of amides is 1. The van der Waals surface area contributed by atoms with E-state index < -0.39 is 0 Å². The fourth-order valence-corrected chi connectivity index (χ4v) is 3.51. The molecule has 26 heavy (non-hydrogen) atoms. The number of nitrogens with one attached hydrogen (secondary N) is 2. The van der Waals surface area contributed by atoms with Gasteiger partial charge in [-0.3, -0.25) is 4.79 Å². The number of aryl methyl sites for hydroxylation is 1. The van der Waals surface area contributed by atoms with Crippen molar-refractivity contribution in [3.63, 3.8) is 0 Å². The van der Waals surface area contributed by atoms with Crippen LogP contribution in [0.3, 0.4) is 0 Å². The van der Waals surface area contributed by atoms with Crippen molar-refractivity contribution in [2.24, 2.45) is 0 Å². The molecule has 0 saturated carbocycles. The van der Waals surface area contributed by atoms with Crippen LogP contribution in [0, 0.1) is 5.82 Å². The molecule has 1 aliphatic heterocycles. The number of aromatic nitrogens is 2. The van der Waals surface area contributed by atoms with Crippen LogP contribution < -0.4 is 5.32 Å². The van der Waals surface area contributed by atoms with Gasteiger partial charge < -0.3 is 15.2 Å². The largest absolute Gasteiger partial charge is 0.342 e. The van der Waals surface area contributed by atoms with Crippen LogP contribution in [-0.4, -0.2) is 40.4 Å². The Bertz CT molecular complexity index is 890. The summed E-state index contributed by atoms with van der Waals surface area (Å²) in [5.74, 6) is 0.612.